The third kappa shape index (κ3) is 1.11. The van der Waals surface area contributed by atoms with Crippen LogP contribution in [0.5, 0.6) is 0 Å². The van der Waals surface area contributed by atoms with Crippen LogP contribution in [0.4, 0.5) is 0 Å². The van der Waals surface area contributed by atoms with E-state index in [2.05, 4.69) is 4.99 Å². The number of hydrogen-bond donors (Lipinski definition) is 0. The Balaban J connectivity index is 2.35. The Hall–Kier alpha value is -0.510. The summed E-state index contributed by atoms with van der Waals surface area (Å²) in [4.78, 5) is 16.0. The number of fused-ring (bicyclic) bond motifs is 1. The molecule has 0 spiro atoms. The molecule has 13 heavy (non-hydrogen) atoms. The molecule has 0 amide bonds. The molecule has 0 unspecified atom stereocenters. The van der Waals surface area contributed by atoms with E-state index in [1.165, 1.54) is 11.8 Å². The molecule has 0 aromatic heterocycles. The number of aliphatic imine (C=N–C) groups is 1. The average molecular weight is 199 g/mol. The van der Waals surface area contributed by atoms with Gasteiger partial charge in [-0.1, -0.05) is 0 Å². The van der Waals surface area contributed by atoms with Gasteiger partial charge in [-0.25, -0.2) is 0 Å². The molecular formula is C9H13NO2S. The first kappa shape index (κ1) is 9.06. The summed E-state index contributed by atoms with van der Waals surface area (Å²) in [7, 11) is 0. The zero-order valence-electron chi connectivity index (χ0n) is 8.03. The maximum atomic E-state index is 11.4. The second kappa shape index (κ2) is 2.74. The van der Waals surface area contributed by atoms with E-state index in [1.807, 2.05) is 20.1 Å². The van der Waals surface area contributed by atoms with Crippen LogP contribution in [0.15, 0.2) is 4.99 Å². The summed E-state index contributed by atoms with van der Waals surface area (Å²) < 4.78 is 5.29. The number of nitrogens with zero attached hydrogens (tertiary/aromatic N) is 1. The fourth-order valence-corrected chi connectivity index (χ4v) is 3.10. The van der Waals surface area contributed by atoms with Gasteiger partial charge in [0.15, 0.2) is 0 Å². The quantitative estimate of drug-likeness (QED) is 0.597. The van der Waals surface area contributed by atoms with Crippen LogP contribution in [0.2, 0.25) is 0 Å². The molecule has 0 aromatic carbocycles. The van der Waals surface area contributed by atoms with Gasteiger partial charge in [0.1, 0.15) is 16.9 Å². The number of carbonyl (C=O) groups is 1. The van der Waals surface area contributed by atoms with Gasteiger partial charge >= 0.3 is 5.97 Å². The summed E-state index contributed by atoms with van der Waals surface area (Å²) in [5, 5.41) is -0.116. The van der Waals surface area contributed by atoms with Crippen LogP contribution in [-0.2, 0) is 9.53 Å². The molecule has 3 nitrogen and oxygen atoms in total. The largest absolute Gasteiger partial charge is 0.458 e. The molecule has 0 bridgehead atoms. The first-order chi connectivity index (χ1) is 6.08. The first-order valence-corrected chi connectivity index (χ1v) is 5.65. The van der Waals surface area contributed by atoms with Crippen molar-refractivity contribution in [3.63, 3.8) is 0 Å². The average Bonchev–Trinajstić information content (AvgIpc) is 2.37. The molecule has 0 radical (unpaired) electrons. The van der Waals surface area contributed by atoms with Gasteiger partial charge in [0.05, 0.1) is 0 Å². The Labute approximate surface area is 81.9 Å². The minimum atomic E-state index is -0.305. The van der Waals surface area contributed by atoms with Gasteiger partial charge in [0, 0.05) is 12.1 Å². The molecule has 0 saturated carbocycles. The fourth-order valence-electron chi connectivity index (χ4n) is 2.17. The minimum Gasteiger partial charge on any atom is -0.458 e. The lowest BCUT2D eigenvalue weighted by Gasteiger charge is -2.22. The zero-order valence-corrected chi connectivity index (χ0v) is 8.85. The predicted octanol–water partition coefficient (Wildman–Crippen LogP) is 1.27. The Morgan fingerprint density at radius 2 is 2.38 bits per heavy atom. The van der Waals surface area contributed by atoms with Gasteiger partial charge in [-0.05, 0) is 20.1 Å². The molecule has 2 rings (SSSR count). The van der Waals surface area contributed by atoms with Gasteiger partial charge in [0.2, 0.25) is 0 Å². The van der Waals surface area contributed by atoms with Gasteiger partial charge < -0.3 is 4.74 Å². The highest BCUT2D eigenvalue weighted by Gasteiger charge is 2.56. The topological polar surface area (TPSA) is 38.7 Å². The number of esters is 1. The number of carbonyl (C=O) groups excluding carboxylic acids is 1. The van der Waals surface area contributed by atoms with Crippen LogP contribution in [0.1, 0.15) is 20.3 Å². The summed E-state index contributed by atoms with van der Waals surface area (Å²) in [5.41, 5.74) is 0.791. The van der Waals surface area contributed by atoms with E-state index < -0.39 is 0 Å². The van der Waals surface area contributed by atoms with E-state index in [-0.39, 0.29) is 22.9 Å². The normalized spacial score (nSPS) is 43.0. The van der Waals surface area contributed by atoms with E-state index >= 15 is 0 Å². The monoisotopic (exact) mass is 199 g/mol. The van der Waals surface area contributed by atoms with Crippen LogP contribution >= 0.6 is 11.8 Å². The van der Waals surface area contributed by atoms with Crippen molar-refractivity contribution in [3.05, 3.63) is 0 Å². The summed E-state index contributed by atoms with van der Waals surface area (Å²) in [6.45, 7) is 4.01. The lowest BCUT2D eigenvalue weighted by molar-refractivity contribution is -0.140. The molecular weight excluding hydrogens is 186 g/mol. The molecule has 2 heterocycles. The van der Waals surface area contributed by atoms with Gasteiger partial charge in [-0.2, -0.15) is 0 Å². The highest BCUT2D eigenvalue weighted by atomic mass is 32.2. The highest BCUT2D eigenvalue weighted by molar-refractivity contribution is 8.00. The van der Waals surface area contributed by atoms with E-state index in [0.717, 1.165) is 12.1 Å². The maximum absolute atomic E-state index is 11.4. The smallest absolute Gasteiger partial charge is 0.322 e. The predicted molar refractivity (Wildman–Crippen MR) is 53.3 cm³/mol. The molecule has 1 saturated heterocycles. The number of ether oxygens (including phenoxy) is 1. The zero-order chi connectivity index (χ0) is 9.64. The fraction of sp³-hybridized carbons (Fsp3) is 0.778. The number of thioether (sulfide) groups is 1. The maximum Gasteiger partial charge on any atom is 0.322 e. The van der Waals surface area contributed by atoms with Gasteiger partial charge in [-0.3, -0.25) is 9.79 Å². The van der Waals surface area contributed by atoms with E-state index in [1.54, 1.807) is 0 Å². The van der Waals surface area contributed by atoms with E-state index in [0.29, 0.717) is 0 Å². The Morgan fingerprint density at radius 3 is 3.00 bits per heavy atom. The lowest BCUT2D eigenvalue weighted by Crippen LogP contribution is -2.38. The highest BCUT2D eigenvalue weighted by Crippen LogP contribution is 2.42. The summed E-state index contributed by atoms with van der Waals surface area (Å²) in [6, 6.07) is 0. The first-order valence-electron chi connectivity index (χ1n) is 4.36. The van der Waals surface area contributed by atoms with Crippen molar-refractivity contribution in [2.24, 2.45) is 4.99 Å². The molecule has 0 N–H and O–H groups in total. The third-order valence-electron chi connectivity index (χ3n) is 2.80. The summed E-state index contributed by atoms with van der Waals surface area (Å²) >= 11 is 1.54. The molecule has 1 fully saturated rings. The standard InChI is InChI=1S/C9H13NO2S/c1-5-4-6-9(2,10-5)7(13-3)8(11)12-6/h6-7H,4H2,1-3H3/t6-,7+,9+/m0/s1. The van der Waals surface area contributed by atoms with Crippen LogP contribution in [0.3, 0.4) is 0 Å². The molecule has 0 aliphatic carbocycles. The van der Waals surface area contributed by atoms with Gasteiger partial charge in [-0.15, -0.1) is 11.8 Å². The SMILES string of the molecule is CS[C@@H]1C(=O)O[C@H]2CC(C)=N[C@]21C. The molecule has 3 atom stereocenters. The van der Waals surface area contributed by atoms with Crippen molar-refractivity contribution in [2.45, 2.75) is 37.2 Å². The second-order valence-electron chi connectivity index (χ2n) is 3.82. The van der Waals surface area contributed by atoms with Crippen LogP contribution < -0.4 is 0 Å². The van der Waals surface area contributed by atoms with Crippen molar-refractivity contribution < 1.29 is 9.53 Å². The van der Waals surface area contributed by atoms with E-state index in [4.69, 9.17) is 4.74 Å². The molecule has 72 valence electrons. The molecule has 2 aliphatic rings. The number of hydrogen-bond acceptors (Lipinski definition) is 4. The minimum absolute atomic E-state index is 0.0163. The Bertz CT molecular complexity index is 289. The third-order valence-corrected chi connectivity index (χ3v) is 3.94. The summed E-state index contributed by atoms with van der Waals surface area (Å²) in [5.74, 6) is -0.101. The lowest BCUT2D eigenvalue weighted by atomic mass is 9.94. The van der Waals surface area contributed by atoms with Gasteiger partial charge in [0.25, 0.3) is 0 Å². The Kier molecular flexibility index (Phi) is 1.91. The number of rotatable bonds is 1. The Morgan fingerprint density at radius 1 is 1.69 bits per heavy atom. The molecule has 4 heteroatoms. The molecule has 0 aromatic rings. The summed E-state index contributed by atoms with van der Waals surface area (Å²) in [6.07, 6.45) is 2.72. The molecule has 2 aliphatic heterocycles. The second-order valence-corrected chi connectivity index (χ2v) is 4.76. The van der Waals surface area contributed by atoms with Crippen molar-refractivity contribution in [1.82, 2.24) is 0 Å². The van der Waals surface area contributed by atoms with Crippen molar-refractivity contribution in [2.75, 3.05) is 6.26 Å². The van der Waals surface area contributed by atoms with E-state index in [9.17, 15) is 4.79 Å². The van der Waals surface area contributed by atoms with Crippen LogP contribution in [-0.4, -0.2) is 34.8 Å². The van der Waals surface area contributed by atoms with Crippen LogP contribution in [0, 0.1) is 0 Å². The van der Waals surface area contributed by atoms with Crippen molar-refractivity contribution in [3.8, 4) is 0 Å². The van der Waals surface area contributed by atoms with Crippen molar-refractivity contribution >= 4 is 23.4 Å². The van der Waals surface area contributed by atoms with Crippen LogP contribution in [0.25, 0.3) is 0 Å². The van der Waals surface area contributed by atoms with Crippen molar-refractivity contribution in [1.29, 1.82) is 0 Å².